The summed E-state index contributed by atoms with van der Waals surface area (Å²) in [5.41, 5.74) is 0.406. The first-order chi connectivity index (χ1) is 8.91. The van der Waals surface area contributed by atoms with Gasteiger partial charge in [-0.25, -0.2) is 14.4 Å². The molecule has 0 saturated heterocycles. The third kappa shape index (κ3) is 4.39. The van der Waals surface area contributed by atoms with E-state index in [2.05, 4.69) is 11.3 Å². The summed E-state index contributed by atoms with van der Waals surface area (Å²) in [7, 11) is 0. The van der Waals surface area contributed by atoms with Crippen LogP contribution in [0.3, 0.4) is 0 Å². The Hall–Kier alpha value is -2.43. The average molecular weight is 262 g/mol. The van der Waals surface area contributed by atoms with Crippen LogP contribution in [0.2, 0.25) is 0 Å². The van der Waals surface area contributed by atoms with Gasteiger partial charge >= 0.3 is 17.9 Å². The van der Waals surface area contributed by atoms with Crippen molar-refractivity contribution >= 4 is 17.9 Å². The Kier molecular flexibility index (Phi) is 5.00. The zero-order chi connectivity index (χ0) is 14.4. The van der Waals surface area contributed by atoms with Crippen molar-refractivity contribution in [2.75, 3.05) is 0 Å². The van der Waals surface area contributed by atoms with Crippen molar-refractivity contribution in [3.05, 3.63) is 48.0 Å². The van der Waals surface area contributed by atoms with Crippen molar-refractivity contribution in [1.82, 2.24) is 0 Å². The van der Waals surface area contributed by atoms with Crippen LogP contribution in [-0.4, -0.2) is 24.0 Å². The lowest BCUT2D eigenvalue weighted by atomic mass is 10.2. The summed E-state index contributed by atoms with van der Waals surface area (Å²) in [5.74, 6) is -2.43. The topological polar surface area (TPSA) is 69.7 Å². The quantitative estimate of drug-likeness (QED) is 0.470. The van der Waals surface area contributed by atoms with E-state index in [4.69, 9.17) is 4.74 Å². The minimum Gasteiger partial charge on any atom is -0.447 e. The van der Waals surface area contributed by atoms with Gasteiger partial charge in [-0.05, 0) is 26.0 Å². The molecule has 1 unspecified atom stereocenters. The molecule has 0 spiro atoms. The van der Waals surface area contributed by atoms with Gasteiger partial charge in [-0.1, -0.05) is 24.8 Å². The van der Waals surface area contributed by atoms with Crippen LogP contribution in [0.4, 0.5) is 0 Å². The smallest absolute Gasteiger partial charge is 0.355 e. The molecule has 0 aliphatic rings. The number of hydrogen-bond acceptors (Lipinski definition) is 5. The summed E-state index contributed by atoms with van der Waals surface area (Å²) in [6.07, 6.45) is -1.17. The van der Waals surface area contributed by atoms with Gasteiger partial charge in [0.15, 0.2) is 6.10 Å². The molecule has 0 aromatic heterocycles. The van der Waals surface area contributed by atoms with Gasteiger partial charge in [-0.15, -0.1) is 0 Å². The Morgan fingerprint density at radius 3 is 2.26 bits per heavy atom. The molecule has 0 N–H and O–H groups in total. The third-order valence-electron chi connectivity index (χ3n) is 2.17. The highest BCUT2D eigenvalue weighted by Crippen LogP contribution is 2.05. The number of carbonyl (C=O) groups is 3. The van der Waals surface area contributed by atoms with Crippen LogP contribution in [0.25, 0.3) is 0 Å². The van der Waals surface area contributed by atoms with Gasteiger partial charge in [0, 0.05) is 5.57 Å². The standard InChI is InChI=1S/C14H14O5/c1-9(2)12(15)18-10(3)13(16)19-14(17)11-7-5-4-6-8-11/h4-8,10H,1H2,2-3H3. The summed E-state index contributed by atoms with van der Waals surface area (Å²) in [6, 6.07) is 8.05. The largest absolute Gasteiger partial charge is 0.447 e. The highest BCUT2D eigenvalue weighted by Gasteiger charge is 2.22. The summed E-state index contributed by atoms with van der Waals surface area (Å²) in [6.45, 7) is 6.16. The van der Waals surface area contributed by atoms with Crippen LogP contribution < -0.4 is 0 Å². The minimum atomic E-state index is -1.17. The molecule has 0 saturated carbocycles. The van der Waals surface area contributed by atoms with Gasteiger partial charge in [-0.3, -0.25) is 0 Å². The predicted octanol–water partition coefficient (Wildman–Crippen LogP) is 1.88. The summed E-state index contributed by atoms with van der Waals surface area (Å²) in [4.78, 5) is 34.3. The van der Waals surface area contributed by atoms with Gasteiger partial charge in [-0.2, -0.15) is 0 Å². The van der Waals surface area contributed by atoms with E-state index in [0.29, 0.717) is 0 Å². The van der Waals surface area contributed by atoms with E-state index in [-0.39, 0.29) is 11.1 Å². The number of benzene rings is 1. The molecule has 5 heteroatoms. The molecule has 1 rings (SSSR count). The molecule has 1 aromatic rings. The Labute approximate surface area is 110 Å². The zero-order valence-electron chi connectivity index (χ0n) is 10.7. The van der Waals surface area contributed by atoms with Crippen molar-refractivity contribution in [3.8, 4) is 0 Å². The van der Waals surface area contributed by atoms with Crippen LogP contribution >= 0.6 is 0 Å². The molecule has 0 fully saturated rings. The molecule has 0 radical (unpaired) electrons. The molecule has 0 bridgehead atoms. The van der Waals surface area contributed by atoms with Crippen LogP contribution in [0.15, 0.2) is 42.5 Å². The molecule has 0 amide bonds. The fourth-order valence-electron chi connectivity index (χ4n) is 1.12. The SMILES string of the molecule is C=C(C)C(=O)OC(C)C(=O)OC(=O)c1ccccc1. The molecular weight excluding hydrogens is 248 g/mol. The maximum absolute atomic E-state index is 11.6. The van der Waals surface area contributed by atoms with Gasteiger partial charge in [0.25, 0.3) is 0 Å². The Morgan fingerprint density at radius 2 is 1.74 bits per heavy atom. The Bertz CT molecular complexity index is 504. The van der Waals surface area contributed by atoms with E-state index < -0.39 is 24.0 Å². The first-order valence-corrected chi connectivity index (χ1v) is 5.59. The monoisotopic (exact) mass is 262 g/mol. The van der Waals surface area contributed by atoms with Crippen molar-refractivity contribution in [2.24, 2.45) is 0 Å². The number of carbonyl (C=O) groups excluding carboxylic acids is 3. The summed E-state index contributed by atoms with van der Waals surface area (Å²) < 4.78 is 9.34. The van der Waals surface area contributed by atoms with E-state index in [1.807, 2.05) is 0 Å². The van der Waals surface area contributed by atoms with Crippen LogP contribution in [0.1, 0.15) is 24.2 Å². The van der Waals surface area contributed by atoms with Crippen molar-refractivity contribution in [3.63, 3.8) is 0 Å². The second-order valence-electron chi connectivity index (χ2n) is 3.90. The first-order valence-electron chi connectivity index (χ1n) is 5.59. The zero-order valence-corrected chi connectivity index (χ0v) is 10.7. The maximum Gasteiger partial charge on any atom is 0.355 e. The van der Waals surface area contributed by atoms with Gasteiger partial charge in [0.1, 0.15) is 0 Å². The van der Waals surface area contributed by atoms with Crippen molar-refractivity contribution in [1.29, 1.82) is 0 Å². The molecule has 100 valence electrons. The molecule has 0 aliphatic carbocycles. The highest BCUT2D eigenvalue weighted by molar-refractivity contribution is 5.98. The number of esters is 3. The normalized spacial score (nSPS) is 11.3. The highest BCUT2D eigenvalue weighted by atomic mass is 16.6. The fourth-order valence-corrected chi connectivity index (χ4v) is 1.12. The second kappa shape index (κ2) is 6.49. The van der Waals surface area contributed by atoms with E-state index in [1.54, 1.807) is 18.2 Å². The van der Waals surface area contributed by atoms with Crippen LogP contribution in [-0.2, 0) is 19.1 Å². The maximum atomic E-state index is 11.6. The summed E-state index contributed by atoms with van der Waals surface area (Å²) in [5, 5.41) is 0. The number of ether oxygens (including phenoxy) is 2. The lowest BCUT2D eigenvalue weighted by Gasteiger charge is -2.11. The Balaban J connectivity index is 2.58. The van der Waals surface area contributed by atoms with Crippen LogP contribution in [0.5, 0.6) is 0 Å². The number of hydrogen-bond donors (Lipinski definition) is 0. The molecule has 1 aromatic carbocycles. The lowest BCUT2D eigenvalue weighted by Crippen LogP contribution is -2.28. The first kappa shape index (κ1) is 14.6. The molecule has 19 heavy (non-hydrogen) atoms. The minimum absolute atomic E-state index is 0.161. The second-order valence-corrected chi connectivity index (χ2v) is 3.90. The van der Waals surface area contributed by atoms with E-state index in [1.165, 1.54) is 26.0 Å². The number of rotatable bonds is 4. The molecule has 0 heterocycles. The van der Waals surface area contributed by atoms with Gasteiger partial charge < -0.3 is 9.47 Å². The third-order valence-corrected chi connectivity index (χ3v) is 2.17. The molecule has 5 nitrogen and oxygen atoms in total. The van der Waals surface area contributed by atoms with E-state index in [9.17, 15) is 14.4 Å². The van der Waals surface area contributed by atoms with Gasteiger partial charge in [0.05, 0.1) is 5.56 Å². The van der Waals surface area contributed by atoms with Crippen LogP contribution in [0, 0.1) is 0 Å². The van der Waals surface area contributed by atoms with Crippen molar-refractivity contribution in [2.45, 2.75) is 20.0 Å². The summed E-state index contributed by atoms with van der Waals surface area (Å²) >= 11 is 0. The predicted molar refractivity (Wildman–Crippen MR) is 67.2 cm³/mol. The van der Waals surface area contributed by atoms with Gasteiger partial charge in [0.2, 0.25) is 0 Å². The fraction of sp³-hybridized carbons (Fsp3) is 0.214. The molecule has 0 aliphatic heterocycles. The van der Waals surface area contributed by atoms with Crippen molar-refractivity contribution < 1.29 is 23.9 Å². The molecular formula is C14H14O5. The average Bonchev–Trinajstić information content (AvgIpc) is 2.39. The molecule has 1 atom stereocenters. The van der Waals surface area contributed by atoms with E-state index in [0.717, 1.165) is 0 Å². The Morgan fingerprint density at radius 1 is 1.16 bits per heavy atom. The van der Waals surface area contributed by atoms with E-state index >= 15 is 0 Å². The lowest BCUT2D eigenvalue weighted by molar-refractivity contribution is -0.160.